The van der Waals surface area contributed by atoms with Crippen LogP contribution in [-0.4, -0.2) is 30.8 Å². The maximum absolute atomic E-state index is 13.7. The highest BCUT2D eigenvalue weighted by Crippen LogP contribution is 2.16. The van der Waals surface area contributed by atoms with Gasteiger partial charge < -0.3 is 15.2 Å². The molecule has 0 radical (unpaired) electrons. The molecule has 0 saturated carbocycles. The lowest BCUT2D eigenvalue weighted by atomic mass is 10.2. The number of methoxy groups -OCH3 is 1. The Morgan fingerprint density at radius 2 is 2.30 bits per heavy atom. The number of halogens is 1. The summed E-state index contributed by atoms with van der Waals surface area (Å²) in [4.78, 5) is 11.6. The molecule has 1 aromatic carbocycles. The van der Waals surface area contributed by atoms with E-state index in [0.29, 0.717) is 12.0 Å². The Labute approximate surface area is 117 Å². The predicted octanol–water partition coefficient (Wildman–Crippen LogP) is 1.92. The summed E-state index contributed by atoms with van der Waals surface area (Å²) in [5.74, 6) is 4.21. The van der Waals surface area contributed by atoms with E-state index in [1.165, 1.54) is 12.1 Å². The Kier molecular flexibility index (Phi) is 6.71. The predicted molar refractivity (Wildman–Crippen MR) is 74.7 cm³/mol. The standard InChI is InChI=1S/C15H18FNO3/c1-11(20-2)5-8-15(19)17-14-7-6-12(4-3-9-18)10-13(14)16/h6-7,10-11,18H,5,8-9H2,1-2H3,(H,17,19). The highest BCUT2D eigenvalue weighted by Gasteiger charge is 2.09. The molecule has 0 fully saturated rings. The molecule has 0 heterocycles. The smallest absolute Gasteiger partial charge is 0.224 e. The van der Waals surface area contributed by atoms with E-state index in [1.807, 2.05) is 6.92 Å². The Morgan fingerprint density at radius 3 is 2.90 bits per heavy atom. The summed E-state index contributed by atoms with van der Waals surface area (Å²) in [6.45, 7) is 1.58. The first-order valence-corrected chi connectivity index (χ1v) is 6.28. The molecule has 1 unspecified atom stereocenters. The van der Waals surface area contributed by atoms with Crippen LogP contribution in [0.5, 0.6) is 0 Å². The maximum Gasteiger partial charge on any atom is 0.224 e. The average Bonchev–Trinajstić information content (AvgIpc) is 2.45. The van der Waals surface area contributed by atoms with Crippen molar-refractivity contribution in [3.63, 3.8) is 0 Å². The van der Waals surface area contributed by atoms with Gasteiger partial charge in [0.15, 0.2) is 0 Å². The van der Waals surface area contributed by atoms with Crippen molar-refractivity contribution in [2.45, 2.75) is 25.9 Å². The van der Waals surface area contributed by atoms with Gasteiger partial charge in [-0.2, -0.15) is 0 Å². The molecule has 0 spiro atoms. The highest BCUT2D eigenvalue weighted by atomic mass is 19.1. The number of carbonyl (C=O) groups is 1. The minimum atomic E-state index is -0.553. The summed E-state index contributed by atoms with van der Waals surface area (Å²) in [5, 5.41) is 11.1. The first kappa shape index (κ1) is 16.2. The van der Waals surface area contributed by atoms with Crippen molar-refractivity contribution in [1.29, 1.82) is 0 Å². The second kappa shape index (κ2) is 8.31. The van der Waals surface area contributed by atoms with E-state index < -0.39 is 5.82 Å². The molecule has 108 valence electrons. The fourth-order valence-corrected chi connectivity index (χ4v) is 1.50. The van der Waals surface area contributed by atoms with Crippen LogP contribution in [0.4, 0.5) is 10.1 Å². The van der Waals surface area contributed by atoms with Crippen LogP contribution in [0.1, 0.15) is 25.3 Å². The molecule has 5 heteroatoms. The van der Waals surface area contributed by atoms with Gasteiger partial charge in [0.25, 0.3) is 0 Å². The van der Waals surface area contributed by atoms with Gasteiger partial charge in [0.2, 0.25) is 5.91 Å². The molecular formula is C15H18FNO3. The van der Waals surface area contributed by atoms with Crippen LogP contribution in [0.2, 0.25) is 0 Å². The minimum Gasteiger partial charge on any atom is -0.384 e. The molecule has 1 aromatic rings. The van der Waals surface area contributed by atoms with Gasteiger partial charge in [0.1, 0.15) is 12.4 Å². The number of nitrogens with one attached hydrogen (secondary N) is 1. The summed E-state index contributed by atoms with van der Waals surface area (Å²) in [6.07, 6.45) is 0.826. The number of benzene rings is 1. The Hall–Kier alpha value is -1.90. The van der Waals surface area contributed by atoms with Crippen molar-refractivity contribution in [3.05, 3.63) is 29.6 Å². The van der Waals surface area contributed by atoms with Gasteiger partial charge in [0.05, 0.1) is 11.8 Å². The van der Waals surface area contributed by atoms with Gasteiger partial charge in [-0.3, -0.25) is 4.79 Å². The Bertz CT molecular complexity index is 520. The number of hydrogen-bond donors (Lipinski definition) is 2. The van der Waals surface area contributed by atoms with E-state index in [9.17, 15) is 9.18 Å². The van der Waals surface area contributed by atoms with Gasteiger partial charge in [-0.05, 0) is 31.5 Å². The number of carbonyl (C=O) groups excluding carboxylic acids is 1. The molecule has 1 amide bonds. The Balaban J connectivity index is 2.62. The fraction of sp³-hybridized carbons (Fsp3) is 0.400. The number of aliphatic hydroxyl groups is 1. The average molecular weight is 279 g/mol. The zero-order valence-corrected chi connectivity index (χ0v) is 11.6. The van der Waals surface area contributed by atoms with Crippen molar-refractivity contribution < 1.29 is 19.0 Å². The SMILES string of the molecule is COC(C)CCC(=O)Nc1ccc(C#CCO)cc1F. The summed E-state index contributed by atoms with van der Waals surface area (Å²) in [6, 6.07) is 4.25. The molecule has 0 aliphatic heterocycles. The zero-order chi connectivity index (χ0) is 15.0. The van der Waals surface area contributed by atoms with Gasteiger partial charge in [-0.25, -0.2) is 4.39 Å². The summed E-state index contributed by atoms with van der Waals surface area (Å²) < 4.78 is 18.8. The minimum absolute atomic E-state index is 0.0123. The van der Waals surface area contributed by atoms with Crippen LogP contribution in [0.3, 0.4) is 0 Å². The lowest BCUT2D eigenvalue weighted by Gasteiger charge is -2.10. The summed E-state index contributed by atoms with van der Waals surface area (Å²) in [7, 11) is 1.58. The summed E-state index contributed by atoms with van der Waals surface area (Å²) in [5.41, 5.74) is 0.567. The van der Waals surface area contributed by atoms with Crippen molar-refractivity contribution in [3.8, 4) is 11.8 Å². The van der Waals surface area contributed by atoms with E-state index in [0.717, 1.165) is 0 Å². The number of amides is 1. The molecule has 20 heavy (non-hydrogen) atoms. The van der Waals surface area contributed by atoms with Crippen LogP contribution >= 0.6 is 0 Å². The summed E-state index contributed by atoms with van der Waals surface area (Å²) >= 11 is 0. The normalized spacial score (nSPS) is 11.4. The van der Waals surface area contributed by atoms with E-state index >= 15 is 0 Å². The van der Waals surface area contributed by atoms with Crippen LogP contribution in [0, 0.1) is 17.7 Å². The highest BCUT2D eigenvalue weighted by molar-refractivity contribution is 5.90. The third-order valence-electron chi connectivity index (χ3n) is 2.74. The van der Waals surface area contributed by atoms with E-state index in [-0.39, 0.29) is 30.7 Å². The van der Waals surface area contributed by atoms with Crippen molar-refractivity contribution in [2.24, 2.45) is 0 Å². The molecule has 0 aliphatic carbocycles. The van der Waals surface area contributed by atoms with Crippen molar-refractivity contribution in [1.82, 2.24) is 0 Å². The topological polar surface area (TPSA) is 58.6 Å². The largest absolute Gasteiger partial charge is 0.384 e. The fourth-order valence-electron chi connectivity index (χ4n) is 1.50. The molecule has 1 atom stereocenters. The second-order valence-corrected chi connectivity index (χ2v) is 4.29. The first-order valence-electron chi connectivity index (χ1n) is 6.28. The van der Waals surface area contributed by atoms with Gasteiger partial charge in [-0.1, -0.05) is 11.8 Å². The van der Waals surface area contributed by atoms with Gasteiger partial charge in [0, 0.05) is 19.1 Å². The van der Waals surface area contributed by atoms with Crippen LogP contribution in [0.25, 0.3) is 0 Å². The van der Waals surface area contributed by atoms with Crippen molar-refractivity contribution in [2.75, 3.05) is 19.0 Å². The molecule has 0 aromatic heterocycles. The molecule has 0 aliphatic rings. The maximum atomic E-state index is 13.7. The van der Waals surface area contributed by atoms with Crippen LogP contribution in [0.15, 0.2) is 18.2 Å². The van der Waals surface area contributed by atoms with Crippen molar-refractivity contribution >= 4 is 11.6 Å². The van der Waals surface area contributed by atoms with E-state index in [4.69, 9.17) is 9.84 Å². The third kappa shape index (κ3) is 5.39. The quantitative estimate of drug-likeness (QED) is 0.810. The molecule has 2 N–H and O–H groups in total. The number of hydrogen-bond acceptors (Lipinski definition) is 3. The van der Waals surface area contributed by atoms with Crippen LogP contribution < -0.4 is 5.32 Å². The van der Waals surface area contributed by atoms with E-state index in [1.54, 1.807) is 13.2 Å². The third-order valence-corrected chi connectivity index (χ3v) is 2.74. The second-order valence-electron chi connectivity index (χ2n) is 4.29. The van der Waals surface area contributed by atoms with Gasteiger partial charge in [-0.15, -0.1) is 0 Å². The first-order chi connectivity index (χ1) is 9.56. The van der Waals surface area contributed by atoms with Crippen LogP contribution in [-0.2, 0) is 9.53 Å². The lowest BCUT2D eigenvalue weighted by molar-refractivity contribution is -0.116. The number of ether oxygens (including phenoxy) is 1. The van der Waals surface area contributed by atoms with Gasteiger partial charge >= 0.3 is 0 Å². The van der Waals surface area contributed by atoms with E-state index in [2.05, 4.69) is 17.2 Å². The molecule has 4 nitrogen and oxygen atoms in total. The molecule has 0 bridgehead atoms. The molecular weight excluding hydrogens is 261 g/mol. The number of anilines is 1. The Morgan fingerprint density at radius 1 is 1.55 bits per heavy atom. The zero-order valence-electron chi connectivity index (χ0n) is 11.6. The molecule has 0 saturated heterocycles. The lowest BCUT2D eigenvalue weighted by Crippen LogP contribution is -2.15. The molecule has 1 rings (SSSR count). The monoisotopic (exact) mass is 279 g/mol. The number of rotatable bonds is 5. The number of aliphatic hydroxyl groups excluding tert-OH is 1.